The van der Waals surface area contributed by atoms with E-state index in [1.165, 1.54) is 122 Å². The molecule has 0 heterocycles. The van der Waals surface area contributed by atoms with Crippen molar-refractivity contribution in [3.05, 3.63) is 0 Å². The van der Waals surface area contributed by atoms with Crippen molar-refractivity contribution in [2.45, 2.75) is 174 Å². The predicted molar refractivity (Wildman–Crippen MR) is 144 cm³/mol. The van der Waals surface area contributed by atoms with Gasteiger partial charge in [0.2, 0.25) is 0 Å². The van der Waals surface area contributed by atoms with E-state index in [0.29, 0.717) is 6.04 Å². The van der Waals surface area contributed by atoms with E-state index in [-0.39, 0.29) is 0 Å². The molecule has 2 saturated carbocycles. The maximum atomic E-state index is 6.33. The second kappa shape index (κ2) is 18.3. The maximum absolute atomic E-state index is 6.33. The van der Waals surface area contributed by atoms with Crippen molar-refractivity contribution in [3.63, 3.8) is 0 Å². The minimum Gasteiger partial charge on any atom is -0.328 e. The molecule has 0 aliphatic heterocycles. The van der Waals surface area contributed by atoms with Crippen LogP contribution in [0.5, 0.6) is 0 Å². The SMILES string of the molecule is CCCCCCCCCC(N)CCCCCCCCC[C@H]1C[C@H]1C[C@H]1C[C@H]1CCCCC. The Balaban J connectivity index is 1.26. The van der Waals surface area contributed by atoms with Gasteiger partial charge in [0.15, 0.2) is 0 Å². The molecule has 0 aromatic rings. The summed E-state index contributed by atoms with van der Waals surface area (Å²) in [4.78, 5) is 0. The third-order valence-corrected chi connectivity index (χ3v) is 8.75. The second-order valence-electron chi connectivity index (χ2n) is 12.0. The fourth-order valence-corrected chi connectivity index (χ4v) is 6.16. The van der Waals surface area contributed by atoms with Crippen molar-refractivity contribution >= 4 is 0 Å². The minimum atomic E-state index is 0.472. The smallest absolute Gasteiger partial charge is 0.00388 e. The molecule has 2 aliphatic rings. The van der Waals surface area contributed by atoms with Crippen LogP contribution in [0.25, 0.3) is 0 Å². The normalized spacial score (nSPS) is 25.2. The van der Waals surface area contributed by atoms with Gasteiger partial charge in [-0.3, -0.25) is 0 Å². The molecule has 0 spiro atoms. The summed E-state index contributed by atoms with van der Waals surface area (Å²) in [6.45, 7) is 4.62. The van der Waals surface area contributed by atoms with Crippen LogP contribution in [-0.2, 0) is 0 Å². The van der Waals surface area contributed by atoms with Crippen LogP contribution < -0.4 is 5.73 Å². The van der Waals surface area contributed by atoms with Crippen molar-refractivity contribution in [2.75, 3.05) is 0 Å². The fraction of sp³-hybridized carbons (Fsp3) is 1.00. The van der Waals surface area contributed by atoms with Gasteiger partial charge in [-0.15, -0.1) is 0 Å². The zero-order valence-electron chi connectivity index (χ0n) is 22.4. The van der Waals surface area contributed by atoms with Crippen LogP contribution in [0.2, 0.25) is 0 Å². The minimum absolute atomic E-state index is 0.472. The van der Waals surface area contributed by atoms with Crippen LogP contribution in [-0.4, -0.2) is 6.04 Å². The molecule has 0 amide bonds. The van der Waals surface area contributed by atoms with Gasteiger partial charge in [-0.05, 0) is 55.8 Å². The monoisotopic (exact) mass is 447 g/mol. The first-order valence-electron chi connectivity index (χ1n) is 15.5. The lowest BCUT2D eigenvalue weighted by atomic mass is 10.00. The molecular weight excluding hydrogens is 386 g/mol. The lowest BCUT2D eigenvalue weighted by molar-refractivity contribution is 0.477. The van der Waals surface area contributed by atoms with E-state index in [9.17, 15) is 0 Å². The van der Waals surface area contributed by atoms with Gasteiger partial charge in [-0.25, -0.2) is 0 Å². The average Bonchev–Trinajstić information content (AvgIpc) is 3.71. The van der Waals surface area contributed by atoms with Gasteiger partial charge >= 0.3 is 0 Å². The number of hydrogen-bond donors (Lipinski definition) is 1. The van der Waals surface area contributed by atoms with Gasteiger partial charge in [0.05, 0.1) is 0 Å². The Bertz CT molecular complexity index is 419. The van der Waals surface area contributed by atoms with Gasteiger partial charge in [0.25, 0.3) is 0 Å². The zero-order chi connectivity index (χ0) is 22.9. The molecule has 0 saturated heterocycles. The van der Waals surface area contributed by atoms with Gasteiger partial charge in [0.1, 0.15) is 0 Å². The quantitative estimate of drug-likeness (QED) is 0.146. The summed E-state index contributed by atoms with van der Waals surface area (Å²) < 4.78 is 0. The number of unbranched alkanes of at least 4 members (excludes halogenated alkanes) is 14. The molecule has 0 bridgehead atoms. The Morgan fingerprint density at radius 1 is 0.500 bits per heavy atom. The van der Waals surface area contributed by atoms with E-state index in [1.807, 2.05) is 0 Å². The molecule has 0 aromatic heterocycles. The van der Waals surface area contributed by atoms with Crippen molar-refractivity contribution in [1.82, 2.24) is 0 Å². The molecule has 1 nitrogen and oxygen atoms in total. The van der Waals surface area contributed by atoms with Gasteiger partial charge < -0.3 is 5.73 Å². The number of nitrogens with two attached hydrogens (primary N) is 1. The standard InChI is InChI=1S/C31H61N/c1-3-5-7-8-10-14-18-22-31(32)23-19-15-12-9-11-13-17-21-28-25-30(28)26-29-24-27(29)20-16-6-4-2/h27-31H,3-26,32H2,1-2H3/t27-,28+,29-,30+,31?/m1/s1. The number of hydrogen-bond acceptors (Lipinski definition) is 1. The average molecular weight is 448 g/mol. The highest BCUT2D eigenvalue weighted by molar-refractivity contribution is 4.94. The Kier molecular flexibility index (Phi) is 16.1. The van der Waals surface area contributed by atoms with Crippen molar-refractivity contribution in [2.24, 2.45) is 29.4 Å². The molecular formula is C31H61N. The summed E-state index contributed by atoms with van der Waals surface area (Å²) >= 11 is 0. The third kappa shape index (κ3) is 14.3. The van der Waals surface area contributed by atoms with Gasteiger partial charge in [0, 0.05) is 6.04 Å². The van der Waals surface area contributed by atoms with Crippen molar-refractivity contribution < 1.29 is 0 Å². The Labute approximate surface area is 203 Å². The van der Waals surface area contributed by atoms with E-state index in [0.717, 1.165) is 23.7 Å². The van der Waals surface area contributed by atoms with E-state index in [1.54, 1.807) is 32.1 Å². The molecule has 32 heavy (non-hydrogen) atoms. The topological polar surface area (TPSA) is 26.0 Å². The molecule has 1 heteroatoms. The van der Waals surface area contributed by atoms with Crippen LogP contribution in [0.1, 0.15) is 168 Å². The van der Waals surface area contributed by atoms with E-state index in [2.05, 4.69) is 13.8 Å². The Morgan fingerprint density at radius 2 is 0.875 bits per heavy atom. The largest absolute Gasteiger partial charge is 0.328 e. The predicted octanol–water partition coefficient (Wildman–Crippen LogP) is 10.2. The van der Waals surface area contributed by atoms with Crippen molar-refractivity contribution in [3.8, 4) is 0 Å². The first kappa shape index (κ1) is 28.2. The highest BCUT2D eigenvalue weighted by Gasteiger charge is 2.44. The molecule has 1 unspecified atom stereocenters. The van der Waals surface area contributed by atoms with E-state index in [4.69, 9.17) is 5.73 Å². The molecule has 2 rings (SSSR count). The molecule has 0 aromatic carbocycles. The highest BCUT2D eigenvalue weighted by Crippen LogP contribution is 2.54. The summed E-state index contributed by atoms with van der Waals surface area (Å²) in [5.41, 5.74) is 6.33. The van der Waals surface area contributed by atoms with E-state index >= 15 is 0 Å². The first-order valence-corrected chi connectivity index (χ1v) is 15.5. The van der Waals surface area contributed by atoms with Crippen LogP contribution in [0, 0.1) is 23.7 Å². The summed E-state index contributed by atoms with van der Waals surface area (Å²) in [6.07, 6.45) is 34.7. The van der Waals surface area contributed by atoms with E-state index < -0.39 is 0 Å². The lowest BCUT2D eigenvalue weighted by Crippen LogP contribution is -2.19. The van der Waals surface area contributed by atoms with Gasteiger partial charge in [-0.2, -0.15) is 0 Å². The Morgan fingerprint density at radius 3 is 1.38 bits per heavy atom. The molecule has 0 radical (unpaired) electrons. The van der Waals surface area contributed by atoms with Crippen LogP contribution in [0.15, 0.2) is 0 Å². The summed E-state index contributed by atoms with van der Waals surface area (Å²) in [6, 6.07) is 0.472. The summed E-state index contributed by atoms with van der Waals surface area (Å²) in [7, 11) is 0. The molecule has 5 atom stereocenters. The first-order chi connectivity index (χ1) is 15.7. The highest BCUT2D eigenvalue weighted by atomic mass is 14.6. The lowest BCUT2D eigenvalue weighted by Gasteiger charge is -2.11. The Hall–Kier alpha value is -0.0400. The maximum Gasteiger partial charge on any atom is 0.00388 e. The summed E-state index contributed by atoms with van der Waals surface area (Å²) in [5, 5.41) is 0. The summed E-state index contributed by atoms with van der Waals surface area (Å²) in [5.74, 6) is 4.55. The van der Waals surface area contributed by atoms with Crippen LogP contribution in [0.3, 0.4) is 0 Å². The van der Waals surface area contributed by atoms with Crippen LogP contribution in [0.4, 0.5) is 0 Å². The molecule has 190 valence electrons. The fourth-order valence-electron chi connectivity index (χ4n) is 6.16. The molecule has 2 aliphatic carbocycles. The van der Waals surface area contributed by atoms with Gasteiger partial charge in [-0.1, -0.05) is 136 Å². The zero-order valence-corrected chi connectivity index (χ0v) is 22.4. The number of rotatable bonds is 24. The molecule has 2 fully saturated rings. The second-order valence-corrected chi connectivity index (χ2v) is 12.0. The van der Waals surface area contributed by atoms with Crippen LogP contribution >= 0.6 is 0 Å². The molecule has 2 N–H and O–H groups in total. The third-order valence-electron chi connectivity index (χ3n) is 8.75. The van der Waals surface area contributed by atoms with Crippen molar-refractivity contribution in [1.29, 1.82) is 0 Å².